The van der Waals surface area contributed by atoms with Gasteiger partial charge in [0.25, 0.3) is 0 Å². The molecule has 5 heteroatoms. The number of hydrogen-bond donors (Lipinski definition) is 1. The lowest BCUT2D eigenvalue weighted by molar-refractivity contribution is -0.905. The number of piperidine rings is 1. The molecule has 2 aliphatic heterocycles. The molecule has 1 saturated heterocycles. The van der Waals surface area contributed by atoms with Gasteiger partial charge in [0.15, 0.2) is 11.5 Å². The fraction of sp³-hybridized carbons (Fsp3) is 0.562. The normalized spacial score (nSPS) is 21.8. The second-order valence-electron chi connectivity index (χ2n) is 5.59. The van der Waals surface area contributed by atoms with Crippen LogP contribution in [0.3, 0.4) is 0 Å². The number of nitrogens with one attached hydrogen (secondary N) is 1. The highest BCUT2D eigenvalue weighted by Gasteiger charge is 2.28. The maximum absolute atomic E-state index is 12.0. The van der Waals surface area contributed by atoms with Crippen molar-refractivity contribution in [3.05, 3.63) is 24.3 Å². The summed E-state index contributed by atoms with van der Waals surface area (Å²) >= 11 is 0. The van der Waals surface area contributed by atoms with E-state index in [-0.39, 0.29) is 12.6 Å². The van der Waals surface area contributed by atoms with Crippen molar-refractivity contribution >= 4 is 5.97 Å². The number of likely N-dealkylation sites (tertiary alicyclic amines) is 1. The number of rotatable bonds is 4. The van der Waals surface area contributed by atoms with Crippen molar-refractivity contribution < 1.29 is 23.9 Å². The third kappa shape index (κ3) is 3.67. The van der Waals surface area contributed by atoms with Crippen LogP contribution in [0, 0.1) is 0 Å². The molecule has 1 fully saturated rings. The van der Waals surface area contributed by atoms with Crippen molar-refractivity contribution in [1.29, 1.82) is 0 Å². The Balaban J connectivity index is 1.44. The Labute approximate surface area is 124 Å². The average Bonchev–Trinajstić information content (AvgIpc) is 2.55. The number of fused-ring (bicyclic) bond motifs is 1. The van der Waals surface area contributed by atoms with E-state index >= 15 is 0 Å². The summed E-state index contributed by atoms with van der Waals surface area (Å²) in [5.74, 6) is 0.951. The fourth-order valence-corrected chi connectivity index (χ4v) is 2.83. The monoisotopic (exact) mass is 292 g/mol. The summed E-state index contributed by atoms with van der Waals surface area (Å²) in [7, 11) is 0. The first-order valence-electron chi connectivity index (χ1n) is 7.71. The Morgan fingerprint density at radius 3 is 2.76 bits per heavy atom. The van der Waals surface area contributed by atoms with Crippen molar-refractivity contribution in [2.75, 3.05) is 32.8 Å². The van der Waals surface area contributed by atoms with Crippen LogP contribution in [0.5, 0.6) is 11.5 Å². The lowest BCUT2D eigenvalue weighted by Gasteiger charge is -2.26. The standard InChI is InChI=1S/C16H21NO4/c18-16(19-11-10-17-8-4-1-5-9-17)15-12-20-13-6-2-3-7-14(13)21-15/h2-3,6-7,15H,1,4-5,8-12H2/p+1. The Morgan fingerprint density at radius 2 is 1.95 bits per heavy atom. The van der Waals surface area contributed by atoms with Crippen LogP contribution < -0.4 is 14.4 Å². The molecule has 114 valence electrons. The van der Waals surface area contributed by atoms with Crippen LogP contribution in [0.25, 0.3) is 0 Å². The van der Waals surface area contributed by atoms with Gasteiger partial charge in [-0.15, -0.1) is 0 Å². The molecule has 1 aromatic rings. The number of para-hydroxylation sites is 2. The van der Waals surface area contributed by atoms with Gasteiger partial charge in [0.05, 0.1) is 13.1 Å². The maximum Gasteiger partial charge on any atom is 0.351 e. The first kappa shape index (κ1) is 14.2. The summed E-state index contributed by atoms with van der Waals surface area (Å²) in [5, 5.41) is 0. The Bertz CT molecular complexity index is 485. The molecule has 1 aromatic carbocycles. The van der Waals surface area contributed by atoms with E-state index in [0.29, 0.717) is 18.1 Å². The van der Waals surface area contributed by atoms with E-state index < -0.39 is 6.10 Å². The van der Waals surface area contributed by atoms with E-state index in [9.17, 15) is 4.79 Å². The summed E-state index contributed by atoms with van der Waals surface area (Å²) in [6.45, 7) is 3.93. The summed E-state index contributed by atoms with van der Waals surface area (Å²) < 4.78 is 16.5. The van der Waals surface area contributed by atoms with Gasteiger partial charge >= 0.3 is 5.97 Å². The highest BCUT2D eigenvalue weighted by Crippen LogP contribution is 2.30. The molecular formula is C16H22NO4+. The van der Waals surface area contributed by atoms with Crippen LogP contribution in [-0.2, 0) is 9.53 Å². The summed E-state index contributed by atoms with van der Waals surface area (Å²) in [6, 6.07) is 7.36. The predicted octanol–water partition coefficient (Wildman–Crippen LogP) is 0.438. The molecule has 1 N–H and O–H groups in total. The van der Waals surface area contributed by atoms with Crippen LogP contribution in [0.1, 0.15) is 19.3 Å². The van der Waals surface area contributed by atoms with E-state index in [0.717, 1.165) is 6.54 Å². The quantitative estimate of drug-likeness (QED) is 0.818. The Morgan fingerprint density at radius 1 is 1.19 bits per heavy atom. The van der Waals surface area contributed by atoms with Gasteiger partial charge in [-0.25, -0.2) is 4.79 Å². The molecule has 21 heavy (non-hydrogen) atoms. The van der Waals surface area contributed by atoms with E-state index in [1.807, 2.05) is 18.2 Å². The van der Waals surface area contributed by atoms with Gasteiger partial charge in [0.1, 0.15) is 19.8 Å². The maximum atomic E-state index is 12.0. The molecular weight excluding hydrogens is 270 g/mol. The van der Waals surface area contributed by atoms with Gasteiger partial charge in [-0.2, -0.15) is 0 Å². The second-order valence-corrected chi connectivity index (χ2v) is 5.59. The molecule has 0 radical (unpaired) electrons. The van der Waals surface area contributed by atoms with Crippen LogP contribution in [-0.4, -0.2) is 44.9 Å². The molecule has 0 aliphatic carbocycles. The predicted molar refractivity (Wildman–Crippen MR) is 76.7 cm³/mol. The third-order valence-electron chi connectivity index (χ3n) is 4.03. The van der Waals surface area contributed by atoms with Gasteiger partial charge < -0.3 is 19.1 Å². The van der Waals surface area contributed by atoms with Crippen LogP contribution in [0.15, 0.2) is 24.3 Å². The number of benzene rings is 1. The minimum Gasteiger partial charge on any atom is -0.485 e. The van der Waals surface area contributed by atoms with Gasteiger partial charge in [-0.3, -0.25) is 0 Å². The molecule has 2 heterocycles. The van der Waals surface area contributed by atoms with Gasteiger partial charge in [-0.1, -0.05) is 12.1 Å². The molecule has 0 saturated carbocycles. The molecule has 0 spiro atoms. The van der Waals surface area contributed by atoms with E-state index in [4.69, 9.17) is 14.2 Å². The largest absolute Gasteiger partial charge is 0.485 e. The Kier molecular flexibility index (Phi) is 4.60. The van der Waals surface area contributed by atoms with Gasteiger partial charge in [0, 0.05) is 0 Å². The highest BCUT2D eigenvalue weighted by molar-refractivity contribution is 5.75. The molecule has 0 amide bonds. The molecule has 5 nitrogen and oxygen atoms in total. The van der Waals surface area contributed by atoms with E-state index in [1.54, 1.807) is 6.07 Å². The smallest absolute Gasteiger partial charge is 0.351 e. The molecule has 3 rings (SSSR count). The highest BCUT2D eigenvalue weighted by atomic mass is 16.6. The van der Waals surface area contributed by atoms with Crippen molar-refractivity contribution in [1.82, 2.24) is 0 Å². The minimum absolute atomic E-state index is 0.215. The lowest BCUT2D eigenvalue weighted by Crippen LogP contribution is -3.13. The second kappa shape index (κ2) is 6.80. The molecule has 0 aromatic heterocycles. The van der Waals surface area contributed by atoms with Crippen molar-refractivity contribution in [3.8, 4) is 11.5 Å². The zero-order valence-corrected chi connectivity index (χ0v) is 12.2. The molecule has 2 aliphatic rings. The van der Waals surface area contributed by atoms with Crippen LogP contribution in [0.4, 0.5) is 0 Å². The van der Waals surface area contributed by atoms with Crippen molar-refractivity contribution in [2.24, 2.45) is 0 Å². The zero-order chi connectivity index (χ0) is 14.5. The Hall–Kier alpha value is -1.75. The first-order valence-corrected chi connectivity index (χ1v) is 7.71. The number of hydrogen-bond acceptors (Lipinski definition) is 4. The van der Waals surface area contributed by atoms with Gasteiger partial charge in [0.2, 0.25) is 6.10 Å². The third-order valence-corrected chi connectivity index (χ3v) is 4.03. The number of ether oxygens (including phenoxy) is 3. The molecule has 0 bridgehead atoms. The van der Waals surface area contributed by atoms with Crippen molar-refractivity contribution in [3.63, 3.8) is 0 Å². The van der Waals surface area contributed by atoms with Crippen LogP contribution in [0.2, 0.25) is 0 Å². The van der Waals surface area contributed by atoms with E-state index in [2.05, 4.69) is 0 Å². The number of carbonyl (C=O) groups is 1. The van der Waals surface area contributed by atoms with Gasteiger partial charge in [-0.05, 0) is 31.4 Å². The van der Waals surface area contributed by atoms with E-state index in [1.165, 1.54) is 37.3 Å². The molecule has 1 atom stereocenters. The number of quaternary nitrogens is 1. The topological polar surface area (TPSA) is 49.2 Å². The zero-order valence-electron chi connectivity index (χ0n) is 12.2. The first-order chi connectivity index (χ1) is 10.3. The van der Waals surface area contributed by atoms with Crippen LogP contribution >= 0.6 is 0 Å². The minimum atomic E-state index is -0.656. The SMILES string of the molecule is O=C(OCC[NH+]1CCCCC1)C1COc2ccccc2O1. The lowest BCUT2D eigenvalue weighted by atomic mass is 10.1. The summed E-state index contributed by atoms with van der Waals surface area (Å²) in [4.78, 5) is 13.5. The molecule has 1 unspecified atom stereocenters. The van der Waals surface area contributed by atoms with Crippen molar-refractivity contribution in [2.45, 2.75) is 25.4 Å². The fourth-order valence-electron chi connectivity index (χ4n) is 2.83. The summed E-state index contributed by atoms with van der Waals surface area (Å²) in [6.07, 6.45) is 3.23. The average molecular weight is 292 g/mol. The summed E-state index contributed by atoms with van der Waals surface area (Å²) in [5.41, 5.74) is 0. The number of esters is 1. The number of carbonyl (C=O) groups excluding carboxylic acids is 1.